The number of hydrogen-bond donors (Lipinski definition) is 1. The van der Waals surface area contributed by atoms with Gasteiger partial charge >= 0.3 is 5.97 Å². The zero-order chi connectivity index (χ0) is 18.5. The molecule has 1 amide bonds. The maximum atomic E-state index is 12.1. The fourth-order valence-corrected chi connectivity index (χ4v) is 3.22. The molecule has 26 heavy (non-hydrogen) atoms. The number of ether oxygens (including phenoxy) is 1. The highest BCUT2D eigenvalue weighted by Gasteiger charge is 2.18. The molecule has 0 bridgehead atoms. The van der Waals surface area contributed by atoms with Gasteiger partial charge in [-0.25, -0.2) is 9.48 Å². The van der Waals surface area contributed by atoms with Crippen LogP contribution in [-0.2, 0) is 9.53 Å². The molecule has 0 saturated heterocycles. The topological polar surface area (TPSA) is 73.2 Å². The quantitative estimate of drug-likeness (QED) is 0.781. The Morgan fingerprint density at radius 3 is 2.65 bits per heavy atom. The molecule has 6 nitrogen and oxygen atoms in total. The van der Waals surface area contributed by atoms with E-state index in [1.807, 2.05) is 0 Å². The lowest BCUT2D eigenvalue weighted by atomic mass is 9.95. The minimum atomic E-state index is -0.650. The fraction of sp³-hybridized carbons (Fsp3) is 0.389. The summed E-state index contributed by atoms with van der Waals surface area (Å²) in [5, 5.41) is 7.88. The number of benzene rings is 1. The number of carbonyl (C=O) groups excluding carboxylic acids is 2. The van der Waals surface area contributed by atoms with Crippen molar-refractivity contribution in [3.63, 3.8) is 0 Å². The Kier molecular flexibility index (Phi) is 6.16. The number of amides is 1. The zero-order valence-corrected chi connectivity index (χ0v) is 15.6. The van der Waals surface area contributed by atoms with Crippen molar-refractivity contribution < 1.29 is 14.3 Å². The summed E-state index contributed by atoms with van der Waals surface area (Å²) in [5.74, 6) is -0.934. The lowest BCUT2D eigenvalue weighted by Gasteiger charge is -2.22. The molecule has 1 heterocycles. The number of hydrogen-bond acceptors (Lipinski definition) is 4. The van der Waals surface area contributed by atoms with Crippen molar-refractivity contribution in [2.24, 2.45) is 0 Å². The Hall–Kier alpha value is -2.05. The number of carbonyl (C=O) groups is 2. The number of rotatable bonds is 5. The Balaban J connectivity index is 1.54. The predicted octanol–water partition coefficient (Wildman–Crippen LogP) is 3.78. The summed E-state index contributed by atoms with van der Waals surface area (Å²) >= 11 is 11.9. The summed E-state index contributed by atoms with van der Waals surface area (Å²) in [6.45, 7) is -0.311. The van der Waals surface area contributed by atoms with E-state index in [2.05, 4.69) is 10.4 Å². The molecule has 1 aromatic carbocycles. The minimum absolute atomic E-state index is 0.113. The normalized spacial score (nSPS) is 14.8. The summed E-state index contributed by atoms with van der Waals surface area (Å²) in [7, 11) is 0. The molecule has 1 fully saturated rings. The van der Waals surface area contributed by atoms with Crippen molar-refractivity contribution in [1.29, 1.82) is 0 Å². The van der Waals surface area contributed by atoms with E-state index in [4.69, 9.17) is 27.9 Å². The van der Waals surface area contributed by atoms with Gasteiger partial charge in [0.15, 0.2) is 12.3 Å². The molecule has 1 saturated carbocycles. The van der Waals surface area contributed by atoms with Gasteiger partial charge in [-0.1, -0.05) is 42.5 Å². The zero-order valence-electron chi connectivity index (χ0n) is 14.1. The molecule has 0 spiro atoms. The van der Waals surface area contributed by atoms with Crippen LogP contribution in [0.1, 0.15) is 42.6 Å². The number of esters is 1. The highest BCUT2D eigenvalue weighted by atomic mass is 35.5. The predicted molar refractivity (Wildman–Crippen MR) is 98.9 cm³/mol. The Morgan fingerprint density at radius 2 is 1.92 bits per heavy atom. The third-order valence-corrected chi connectivity index (χ3v) is 5.01. The van der Waals surface area contributed by atoms with Gasteiger partial charge < -0.3 is 10.1 Å². The Bertz CT molecular complexity index is 801. The van der Waals surface area contributed by atoms with Gasteiger partial charge in [-0.15, -0.1) is 0 Å². The van der Waals surface area contributed by atoms with Crippen molar-refractivity contribution in [2.45, 2.75) is 38.1 Å². The van der Waals surface area contributed by atoms with Crippen LogP contribution in [-0.4, -0.2) is 34.3 Å². The van der Waals surface area contributed by atoms with Crippen LogP contribution in [0.3, 0.4) is 0 Å². The van der Waals surface area contributed by atoms with Crippen LogP contribution in [0.5, 0.6) is 0 Å². The van der Waals surface area contributed by atoms with Crippen LogP contribution >= 0.6 is 23.2 Å². The molecule has 0 atom stereocenters. The molecule has 3 rings (SSSR count). The van der Waals surface area contributed by atoms with E-state index >= 15 is 0 Å². The second-order valence-corrected chi connectivity index (χ2v) is 7.04. The van der Waals surface area contributed by atoms with Crippen LogP contribution in [0.2, 0.25) is 10.0 Å². The molecular weight excluding hydrogens is 377 g/mol. The average Bonchev–Trinajstić information content (AvgIpc) is 3.13. The van der Waals surface area contributed by atoms with Crippen LogP contribution in [0.4, 0.5) is 0 Å². The number of halogens is 2. The maximum absolute atomic E-state index is 12.1. The molecule has 0 aliphatic heterocycles. The highest BCUT2D eigenvalue weighted by Crippen LogP contribution is 2.24. The van der Waals surface area contributed by atoms with Gasteiger partial charge in [0.05, 0.1) is 15.7 Å². The molecule has 138 valence electrons. The van der Waals surface area contributed by atoms with Crippen LogP contribution in [0.15, 0.2) is 30.5 Å². The fourth-order valence-electron chi connectivity index (χ4n) is 2.93. The van der Waals surface area contributed by atoms with Crippen LogP contribution < -0.4 is 5.32 Å². The number of nitrogens with zero attached hydrogens (tertiary/aromatic N) is 2. The van der Waals surface area contributed by atoms with Crippen molar-refractivity contribution in [3.05, 3.63) is 46.2 Å². The lowest BCUT2D eigenvalue weighted by Crippen LogP contribution is -2.38. The Morgan fingerprint density at radius 1 is 1.15 bits per heavy atom. The highest BCUT2D eigenvalue weighted by molar-refractivity contribution is 6.42. The van der Waals surface area contributed by atoms with Crippen LogP contribution in [0.25, 0.3) is 5.69 Å². The molecule has 1 aliphatic carbocycles. The molecule has 2 aromatic rings. The van der Waals surface area contributed by atoms with Gasteiger partial charge in [-0.3, -0.25) is 4.79 Å². The van der Waals surface area contributed by atoms with Gasteiger partial charge in [-0.2, -0.15) is 5.10 Å². The largest absolute Gasteiger partial charge is 0.451 e. The first kappa shape index (κ1) is 18.7. The third-order valence-electron chi connectivity index (χ3n) is 4.27. The molecule has 0 unspecified atom stereocenters. The van der Waals surface area contributed by atoms with Gasteiger partial charge in [0, 0.05) is 12.2 Å². The number of aromatic nitrogens is 2. The van der Waals surface area contributed by atoms with E-state index < -0.39 is 5.97 Å². The monoisotopic (exact) mass is 395 g/mol. The van der Waals surface area contributed by atoms with E-state index in [1.165, 1.54) is 17.2 Å². The van der Waals surface area contributed by atoms with Gasteiger partial charge in [0.1, 0.15) is 0 Å². The molecule has 1 aliphatic rings. The number of nitrogens with one attached hydrogen (secondary N) is 1. The summed E-state index contributed by atoms with van der Waals surface area (Å²) < 4.78 is 6.54. The second-order valence-electron chi connectivity index (χ2n) is 6.22. The van der Waals surface area contributed by atoms with Crippen molar-refractivity contribution >= 4 is 35.1 Å². The summed E-state index contributed by atoms with van der Waals surface area (Å²) in [5.41, 5.74) is 0.773. The van der Waals surface area contributed by atoms with Crippen molar-refractivity contribution in [2.75, 3.05) is 6.61 Å². The van der Waals surface area contributed by atoms with Gasteiger partial charge in [-0.05, 0) is 37.1 Å². The van der Waals surface area contributed by atoms with Crippen LogP contribution in [0, 0.1) is 0 Å². The average molecular weight is 396 g/mol. The van der Waals surface area contributed by atoms with E-state index in [9.17, 15) is 9.59 Å². The summed E-state index contributed by atoms with van der Waals surface area (Å²) in [6.07, 6.45) is 7.02. The first-order valence-electron chi connectivity index (χ1n) is 8.50. The molecular formula is C18H19Cl2N3O3. The summed E-state index contributed by atoms with van der Waals surface area (Å²) in [4.78, 5) is 24.0. The molecule has 1 N–H and O–H groups in total. The van der Waals surface area contributed by atoms with Gasteiger partial charge in [0.2, 0.25) is 0 Å². The first-order valence-corrected chi connectivity index (χ1v) is 9.26. The second kappa shape index (κ2) is 8.56. The van der Waals surface area contributed by atoms with E-state index in [0.717, 1.165) is 25.7 Å². The smallest absolute Gasteiger partial charge is 0.359 e. The standard InChI is InChI=1S/C18H19Cl2N3O3/c19-14-7-6-13(10-15(14)20)23-9-8-16(22-23)18(25)26-11-17(24)21-12-4-2-1-3-5-12/h6-10,12H,1-5,11H2,(H,21,24). The SMILES string of the molecule is O=C(COC(=O)c1ccn(-c2ccc(Cl)c(Cl)c2)n1)NC1CCCCC1. The third kappa shape index (κ3) is 4.77. The van der Waals surface area contributed by atoms with E-state index in [-0.39, 0.29) is 24.2 Å². The van der Waals surface area contributed by atoms with E-state index in [0.29, 0.717) is 15.7 Å². The minimum Gasteiger partial charge on any atom is -0.451 e. The lowest BCUT2D eigenvalue weighted by molar-refractivity contribution is -0.125. The summed E-state index contributed by atoms with van der Waals surface area (Å²) in [6, 6.07) is 6.72. The van der Waals surface area contributed by atoms with E-state index in [1.54, 1.807) is 24.4 Å². The molecule has 0 radical (unpaired) electrons. The Labute approximate surface area is 161 Å². The van der Waals surface area contributed by atoms with Crippen molar-refractivity contribution in [1.82, 2.24) is 15.1 Å². The first-order chi connectivity index (χ1) is 12.5. The molecule has 1 aromatic heterocycles. The van der Waals surface area contributed by atoms with Gasteiger partial charge in [0.25, 0.3) is 5.91 Å². The molecule has 8 heteroatoms. The maximum Gasteiger partial charge on any atom is 0.359 e. The van der Waals surface area contributed by atoms with Crippen molar-refractivity contribution in [3.8, 4) is 5.69 Å².